The predicted molar refractivity (Wildman–Crippen MR) is 88.9 cm³/mol. The standard InChI is InChI=1S/C17H26BrNO2/c1-2-19(15-6-4-3-5-7-15)12-16(20)13-21-17-10-8-14(18)9-11-17/h8-11,15-16,20H,2-7,12-13H2,1H3/p+1/t16-/m1/s1. The van der Waals surface area contributed by atoms with Crippen LogP contribution in [0.3, 0.4) is 0 Å². The quantitative estimate of drug-likeness (QED) is 0.786. The van der Waals surface area contributed by atoms with Gasteiger partial charge >= 0.3 is 0 Å². The number of hydrogen-bond acceptors (Lipinski definition) is 2. The SMILES string of the molecule is CC[NH+](C[C@@H](O)COc1ccc(Br)cc1)C1CCCCC1. The van der Waals surface area contributed by atoms with Crippen LogP contribution in [-0.4, -0.2) is 36.9 Å². The maximum atomic E-state index is 10.2. The van der Waals surface area contributed by atoms with E-state index >= 15 is 0 Å². The highest BCUT2D eigenvalue weighted by molar-refractivity contribution is 9.10. The Hall–Kier alpha value is -0.580. The van der Waals surface area contributed by atoms with Crippen LogP contribution >= 0.6 is 15.9 Å². The Morgan fingerprint density at radius 3 is 2.52 bits per heavy atom. The fourth-order valence-electron chi connectivity index (χ4n) is 3.20. The van der Waals surface area contributed by atoms with Gasteiger partial charge in [0.1, 0.15) is 25.0 Å². The van der Waals surface area contributed by atoms with Crippen molar-refractivity contribution in [2.45, 2.75) is 51.2 Å². The van der Waals surface area contributed by atoms with Crippen LogP contribution < -0.4 is 9.64 Å². The van der Waals surface area contributed by atoms with Gasteiger partial charge in [-0.1, -0.05) is 22.4 Å². The van der Waals surface area contributed by atoms with Crippen LogP contribution in [0.25, 0.3) is 0 Å². The highest BCUT2D eigenvalue weighted by Gasteiger charge is 2.25. The third-order valence-electron chi connectivity index (χ3n) is 4.39. The summed E-state index contributed by atoms with van der Waals surface area (Å²) in [6.07, 6.45) is 6.29. The molecular weight excluding hydrogens is 330 g/mol. The summed E-state index contributed by atoms with van der Waals surface area (Å²) in [5.74, 6) is 0.813. The van der Waals surface area contributed by atoms with Gasteiger partial charge in [-0.25, -0.2) is 0 Å². The molecule has 0 aromatic heterocycles. The molecule has 1 aliphatic carbocycles. The van der Waals surface area contributed by atoms with Crippen LogP contribution in [0.15, 0.2) is 28.7 Å². The zero-order valence-corrected chi connectivity index (χ0v) is 14.4. The average molecular weight is 357 g/mol. The minimum absolute atomic E-state index is 0.373. The third-order valence-corrected chi connectivity index (χ3v) is 4.92. The maximum Gasteiger partial charge on any atom is 0.137 e. The maximum absolute atomic E-state index is 10.2. The van der Waals surface area contributed by atoms with Crippen LogP contribution in [0.2, 0.25) is 0 Å². The molecule has 1 aliphatic rings. The Morgan fingerprint density at radius 2 is 1.90 bits per heavy atom. The van der Waals surface area contributed by atoms with Gasteiger partial charge in [0.25, 0.3) is 0 Å². The first-order valence-corrected chi connectivity index (χ1v) is 8.89. The van der Waals surface area contributed by atoms with E-state index in [-0.39, 0.29) is 0 Å². The topological polar surface area (TPSA) is 33.9 Å². The fourth-order valence-corrected chi connectivity index (χ4v) is 3.46. The summed E-state index contributed by atoms with van der Waals surface area (Å²) >= 11 is 3.40. The van der Waals surface area contributed by atoms with Crippen LogP contribution in [0, 0.1) is 0 Å². The third kappa shape index (κ3) is 5.61. The number of aliphatic hydroxyl groups is 1. The molecule has 118 valence electrons. The molecule has 1 aromatic carbocycles. The lowest BCUT2D eigenvalue weighted by Gasteiger charge is -2.31. The Bertz CT molecular complexity index is 404. The van der Waals surface area contributed by atoms with E-state index in [0.717, 1.165) is 29.4 Å². The molecule has 1 fully saturated rings. The number of halogens is 1. The normalized spacial score (nSPS) is 19.2. The molecule has 3 nitrogen and oxygen atoms in total. The second-order valence-corrected chi connectivity index (χ2v) is 6.89. The van der Waals surface area contributed by atoms with Gasteiger partial charge in [-0.05, 0) is 56.9 Å². The molecule has 21 heavy (non-hydrogen) atoms. The van der Waals surface area contributed by atoms with Crippen molar-refractivity contribution in [3.8, 4) is 5.75 Å². The molecule has 0 aliphatic heterocycles. The highest BCUT2D eigenvalue weighted by Crippen LogP contribution is 2.17. The zero-order chi connectivity index (χ0) is 15.1. The summed E-state index contributed by atoms with van der Waals surface area (Å²) < 4.78 is 6.71. The van der Waals surface area contributed by atoms with Crippen molar-refractivity contribution in [2.24, 2.45) is 0 Å². The number of nitrogens with one attached hydrogen (secondary N) is 1. The molecule has 0 radical (unpaired) electrons. The summed E-state index contributed by atoms with van der Waals surface area (Å²) in [6, 6.07) is 8.47. The van der Waals surface area contributed by atoms with Crippen molar-refractivity contribution >= 4 is 15.9 Å². The molecule has 2 rings (SSSR count). The molecule has 0 heterocycles. The van der Waals surface area contributed by atoms with Crippen LogP contribution in [0.4, 0.5) is 0 Å². The van der Waals surface area contributed by atoms with Gasteiger partial charge < -0.3 is 14.7 Å². The van der Waals surface area contributed by atoms with Crippen molar-refractivity contribution in [1.29, 1.82) is 0 Å². The Morgan fingerprint density at radius 1 is 1.24 bits per heavy atom. The first-order valence-electron chi connectivity index (χ1n) is 8.10. The minimum Gasteiger partial charge on any atom is -0.491 e. The second kappa shape index (κ2) is 8.76. The second-order valence-electron chi connectivity index (χ2n) is 5.97. The number of ether oxygens (including phenoxy) is 1. The number of hydrogen-bond donors (Lipinski definition) is 2. The molecule has 2 N–H and O–H groups in total. The highest BCUT2D eigenvalue weighted by atomic mass is 79.9. The van der Waals surface area contributed by atoms with Crippen molar-refractivity contribution in [3.05, 3.63) is 28.7 Å². The lowest BCUT2D eigenvalue weighted by molar-refractivity contribution is -0.928. The molecule has 0 bridgehead atoms. The summed E-state index contributed by atoms with van der Waals surface area (Å²) in [7, 11) is 0. The van der Waals surface area contributed by atoms with Gasteiger partial charge in [-0.15, -0.1) is 0 Å². The van der Waals surface area contributed by atoms with Crippen molar-refractivity contribution in [1.82, 2.24) is 0 Å². The minimum atomic E-state index is -0.398. The molecular formula is C17H27BrNO2+. The van der Waals surface area contributed by atoms with Gasteiger partial charge in [-0.2, -0.15) is 0 Å². The van der Waals surface area contributed by atoms with E-state index in [0.29, 0.717) is 6.61 Å². The molecule has 1 saturated carbocycles. The van der Waals surface area contributed by atoms with E-state index in [1.165, 1.54) is 37.0 Å². The Balaban J connectivity index is 1.76. The average Bonchev–Trinajstić information content (AvgIpc) is 2.53. The van der Waals surface area contributed by atoms with Crippen molar-refractivity contribution < 1.29 is 14.7 Å². The molecule has 1 aromatic rings. The summed E-state index contributed by atoms with van der Waals surface area (Å²) in [5.41, 5.74) is 0. The van der Waals surface area contributed by atoms with E-state index in [4.69, 9.17) is 4.74 Å². The van der Waals surface area contributed by atoms with Crippen LogP contribution in [-0.2, 0) is 0 Å². The summed E-state index contributed by atoms with van der Waals surface area (Å²) in [4.78, 5) is 1.53. The van der Waals surface area contributed by atoms with Gasteiger partial charge in [0.15, 0.2) is 0 Å². The first kappa shape index (κ1) is 16.8. The number of aliphatic hydroxyl groups excluding tert-OH is 1. The monoisotopic (exact) mass is 356 g/mol. The van der Waals surface area contributed by atoms with Crippen LogP contribution in [0.1, 0.15) is 39.0 Å². The molecule has 0 amide bonds. The largest absolute Gasteiger partial charge is 0.491 e. The smallest absolute Gasteiger partial charge is 0.137 e. The number of likely N-dealkylation sites (N-methyl/N-ethyl adjacent to an activating group) is 1. The summed E-state index contributed by atoms with van der Waals surface area (Å²) in [6.45, 7) is 4.46. The lowest BCUT2D eigenvalue weighted by atomic mass is 9.94. The van der Waals surface area contributed by atoms with Gasteiger partial charge in [0, 0.05) is 4.47 Å². The molecule has 2 atom stereocenters. The first-order chi connectivity index (χ1) is 10.2. The molecule has 0 saturated heterocycles. The lowest BCUT2D eigenvalue weighted by Crippen LogP contribution is -3.16. The fraction of sp³-hybridized carbons (Fsp3) is 0.647. The Kier molecular flexibility index (Phi) is 7.00. The van der Waals surface area contributed by atoms with E-state index < -0.39 is 6.10 Å². The van der Waals surface area contributed by atoms with Crippen LogP contribution in [0.5, 0.6) is 5.75 Å². The number of rotatable bonds is 7. The number of quaternary nitrogens is 1. The molecule has 1 unspecified atom stereocenters. The van der Waals surface area contributed by atoms with Crippen molar-refractivity contribution in [3.63, 3.8) is 0 Å². The van der Waals surface area contributed by atoms with Gasteiger partial charge in [0.2, 0.25) is 0 Å². The summed E-state index contributed by atoms with van der Waals surface area (Å²) in [5, 5.41) is 10.2. The molecule has 0 spiro atoms. The van der Waals surface area contributed by atoms with E-state index in [9.17, 15) is 5.11 Å². The van der Waals surface area contributed by atoms with Crippen molar-refractivity contribution in [2.75, 3.05) is 19.7 Å². The van der Waals surface area contributed by atoms with E-state index in [2.05, 4.69) is 22.9 Å². The van der Waals surface area contributed by atoms with E-state index in [1.807, 2.05) is 24.3 Å². The number of benzene rings is 1. The Labute approximate surface area is 136 Å². The van der Waals surface area contributed by atoms with Gasteiger partial charge in [0.05, 0.1) is 12.6 Å². The molecule has 4 heteroatoms. The van der Waals surface area contributed by atoms with Gasteiger partial charge in [-0.3, -0.25) is 0 Å². The van der Waals surface area contributed by atoms with E-state index in [1.54, 1.807) is 0 Å². The predicted octanol–water partition coefficient (Wildman–Crippen LogP) is 2.43. The zero-order valence-electron chi connectivity index (χ0n) is 12.9.